The third-order valence-corrected chi connectivity index (χ3v) is 10.7. The number of halogens is 2. The number of rotatable bonds is 10. The number of nitrogens with zero attached hydrogens (tertiary/aromatic N) is 2. The minimum Gasteiger partial charge on any atom is -0.465 e. The zero-order valence-electron chi connectivity index (χ0n) is 25.2. The zero-order valence-corrected chi connectivity index (χ0v) is 26.0. The Morgan fingerprint density at radius 1 is 1.02 bits per heavy atom. The van der Waals surface area contributed by atoms with Gasteiger partial charge in [-0.2, -0.15) is 0 Å². The fraction of sp³-hybridized carbons (Fsp3) is 0.286. The number of fused-ring (bicyclic) bond motifs is 1. The number of sulfonamides is 1. The third kappa shape index (κ3) is 6.17. The molecule has 0 amide bonds. The van der Waals surface area contributed by atoms with Crippen LogP contribution < -0.4 is 10.4 Å². The Morgan fingerprint density at radius 3 is 2.47 bits per heavy atom. The molecule has 1 aliphatic heterocycles. The van der Waals surface area contributed by atoms with Gasteiger partial charge in [0.15, 0.2) is 0 Å². The first kappa shape index (κ1) is 30.7. The Bertz CT molecular complexity index is 1820. The number of allylic oxidation sites excluding steroid dienone is 3. The maximum atomic E-state index is 14.6. The van der Waals surface area contributed by atoms with Gasteiger partial charge in [-0.1, -0.05) is 48.9 Å². The summed E-state index contributed by atoms with van der Waals surface area (Å²) in [4.78, 5) is 12.4. The fourth-order valence-corrected chi connectivity index (χ4v) is 8.29. The van der Waals surface area contributed by atoms with Gasteiger partial charge < -0.3 is 10.2 Å². The summed E-state index contributed by atoms with van der Waals surface area (Å²) in [6, 6.07) is 19.2. The normalized spacial score (nSPS) is 19.2. The lowest BCUT2D eigenvalue weighted by Gasteiger charge is -2.32. The van der Waals surface area contributed by atoms with E-state index < -0.39 is 16.0 Å². The van der Waals surface area contributed by atoms with Crippen LogP contribution in [0.25, 0.3) is 0 Å². The molecule has 0 radical (unpaired) electrons. The Labute approximate surface area is 262 Å². The number of carbonyl (C=O) groups excluding carboxylic acids is 1. The molecule has 3 aliphatic rings. The molecule has 45 heavy (non-hydrogen) atoms. The van der Waals surface area contributed by atoms with Crippen LogP contribution >= 0.6 is 0 Å². The van der Waals surface area contributed by atoms with E-state index in [2.05, 4.69) is 18.4 Å². The van der Waals surface area contributed by atoms with Crippen LogP contribution in [0.2, 0.25) is 0 Å². The number of benzene rings is 3. The number of hydrogen-bond acceptors (Lipinski definition) is 6. The van der Waals surface area contributed by atoms with Crippen molar-refractivity contribution in [2.45, 2.75) is 31.9 Å². The summed E-state index contributed by atoms with van der Waals surface area (Å²) < 4.78 is 62.7. The molecule has 0 saturated heterocycles. The molecule has 7 nitrogen and oxygen atoms in total. The highest BCUT2D eigenvalue weighted by molar-refractivity contribution is 7.88. The summed E-state index contributed by atoms with van der Waals surface area (Å²) in [5.41, 5.74) is 9.58. The number of esters is 1. The number of carbonyl (C=O) groups is 1. The molecular weight excluding hydrogens is 596 g/mol. The van der Waals surface area contributed by atoms with E-state index in [-0.39, 0.29) is 54.3 Å². The predicted molar refractivity (Wildman–Crippen MR) is 169 cm³/mol. The van der Waals surface area contributed by atoms with E-state index in [9.17, 15) is 22.0 Å². The molecule has 3 aromatic rings. The van der Waals surface area contributed by atoms with Crippen LogP contribution in [0, 0.1) is 23.5 Å². The first-order valence-electron chi connectivity index (χ1n) is 15.0. The van der Waals surface area contributed by atoms with Gasteiger partial charge in [-0.05, 0) is 84.4 Å². The van der Waals surface area contributed by atoms with Crippen molar-refractivity contribution in [3.8, 4) is 0 Å². The lowest BCUT2D eigenvalue weighted by atomic mass is 9.80. The van der Waals surface area contributed by atoms with E-state index in [1.807, 2.05) is 11.2 Å². The Hall–Kier alpha value is -4.28. The predicted octanol–water partition coefficient (Wildman–Crippen LogP) is 6.27. The first-order valence-corrected chi connectivity index (χ1v) is 16.6. The molecule has 0 unspecified atom stereocenters. The van der Waals surface area contributed by atoms with E-state index in [1.54, 1.807) is 54.6 Å². The van der Waals surface area contributed by atoms with Crippen molar-refractivity contribution < 1.29 is 26.7 Å². The van der Waals surface area contributed by atoms with Crippen molar-refractivity contribution in [1.29, 1.82) is 0 Å². The van der Waals surface area contributed by atoms with Crippen molar-refractivity contribution in [3.05, 3.63) is 136 Å². The average Bonchev–Trinajstić information content (AvgIpc) is 3.65. The van der Waals surface area contributed by atoms with Gasteiger partial charge in [0.1, 0.15) is 11.6 Å². The summed E-state index contributed by atoms with van der Waals surface area (Å²) in [6.45, 7) is 2.47. The number of ether oxygens (including phenoxy) is 1. The number of hydrazine groups is 1. The molecule has 3 aromatic carbocycles. The number of methoxy groups -OCH3 is 1. The Morgan fingerprint density at radius 2 is 1.73 bits per heavy atom. The molecule has 6 rings (SSSR count). The van der Waals surface area contributed by atoms with Gasteiger partial charge in [0.2, 0.25) is 10.0 Å². The van der Waals surface area contributed by atoms with Crippen molar-refractivity contribution in [2.24, 2.45) is 11.8 Å². The molecule has 0 aromatic heterocycles. The molecule has 2 aliphatic carbocycles. The highest BCUT2D eigenvalue weighted by Crippen LogP contribution is 2.48. The van der Waals surface area contributed by atoms with Gasteiger partial charge in [-0.3, -0.25) is 5.01 Å². The van der Waals surface area contributed by atoms with Crippen LogP contribution in [-0.4, -0.2) is 38.9 Å². The first-order chi connectivity index (χ1) is 21.7. The summed E-state index contributed by atoms with van der Waals surface area (Å²) in [5.74, 6) is -1.67. The van der Waals surface area contributed by atoms with Crippen molar-refractivity contribution >= 4 is 21.7 Å². The number of anilines is 1. The lowest BCUT2D eigenvalue weighted by Crippen LogP contribution is -2.39. The van der Waals surface area contributed by atoms with Crippen molar-refractivity contribution in [2.75, 3.05) is 25.2 Å². The van der Waals surface area contributed by atoms with Gasteiger partial charge in [-0.25, -0.2) is 26.3 Å². The molecule has 0 spiro atoms. The SMILES string of the molecule is COC(=O)c1ccccc1CS(=O)(=O)N(CCc1ccccc1F)C[C@H]1CCC2=C1[C@@H](C)C1=CNN(c3ccc(F)cc3)C1=C2. The summed E-state index contributed by atoms with van der Waals surface area (Å²) in [5, 5.41) is 1.94. The lowest BCUT2D eigenvalue weighted by molar-refractivity contribution is 0.0600. The minimum absolute atomic E-state index is 0.0293. The zero-order chi connectivity index (χ0) is 31.7. The van der Waals surface area contributed by atoms with Gasteiger partial charge in [0.05, 0.1) is 29.8 Å². The number of hydrogen-bond donors (Lipinski definition) is 1. The topological polar surface area (TPSA) is 79.0 Å². The molecule has 10 heteroatoms. The fourth-order valence-electron chi connectivity index (χ4n) is 6.69. The van der Waals surface area contributed by atoms with E-state index in [4.69, 9.17) is 4.74 Å². The summed E-state index contributed by atoms with van der Waals surface area (Å²) in [7, 11) is -2.67. The largest absolute Gasteiger partial charge is 0.465 e. The number of nitrogens with one attached hydrogen (secondary N) is 1. The smallest absolute Gasteiger partial charge is 0.338 e. The van der Waals surface area contributed by atoms with Crippen LogP contribution in [-0.2, 0) is 26.9 Å². The molecule has 0 fully saturated rings. The second-order valence-corrected chi connectivity index (χ2v) is 13.6. The Balaban J connectivity index is 1.29. The standard InChI is InChI=1S/C35H35F2N3O4S/c1-23-31-20-38-40(29-15-13-28(36)14-16-29)33(31)19-25-11-12-26(34(23)25)21-39(18-17-24-7-4-6-10-32(24)37)45(42,43)22-27-8-3-5-9-30(27)35(41)44-2/h3-10,13-16,19-20,23,26,38H,11-12,17-18,21-22H2,1-2H3/t23-,26+/m0/s1. The second kappa shape index (κ2) is 12.6. The van der Waals surface area contributed by atoms with E-state index >= 15 is 0 Å². The molecule has 2 atom stereocenters. The maximum absolute atomic E-state index is 14.6. The minimum atomic E-state index is -3.93. The van der Waals surface area contributed by atoms with E-state index in [0.29, 0.717) is 11.1 Å². The highest BCUT2D eigenvalue weighted by atomic mass is 32.2. The molecular formula is C35H35F2N3O4S. The van der Waals surface area contributed by atoms with Crippen LogP contribution in [0.3, 0.4) is 0 Å². The summed E-state index contributed by atoms with van der Waals surface area (Å²) in [6.07, 6.45) is 5.89. The second-order valence-electron chi connectivity index (χ2n) is 11.6. The monoisotopic (exact) mass is 631 g/mol. The Kier molecular flexibility index (Phi) is 8.61. The quantitative estimate of drug-likeness (QED) is 0.266. The molecule has 0 saturated carbocycles. The molecule has 1 heterocycles. The van der Waals surface area contributed by atoms with Crippen LogP contribution in [0.15, 0.2) is 107 Å². The van der Waals surface area contributed by atoms with Crippen molar-refractivity contribution in [1.82, 2.24) is 9.73 Å². The summed E-state index contributed by atoms with van der Waals surface area (Å²) >= 11 is 0. The molecule has 1 N–H and O–H groups in total. The highest BCUT2D eigenvalue weighted by Gasteiger charge is 2.40. The molecule has 0 bridgehead atoms. The van der Waals surface area contributed by atoms with Gasteiger partial charge in [0.25, 0.3) is 0 Å². The average molecular weight is 632 g/mol. The van der Waals surface area contributed by atoms with E-state index in [1.165, 1.54) is 40.8 Å². The van der Waals surface area contributed by atoms with Crippen LogP contribution in [0.4, 0.5) is 14.5 Å². The van der Waals surface area contributed by atoms with Crippen LogP contribution in [0.5, 0.6) is 0 Å². The van der Waals surface area contributed by atoms with Gasteiger partial charge >= 0.3 is 5.97 Å². The molecule has 234 valence electrons. The maximum Gasteiger partial charge on any atom is 0.338 e. The van der Waals surface area contributed by atoms with Crippen molar-refractivity contribution in [3.63, 3.8) is 0 Å². The van der Waals surface area contributed by atoms with Gasteiger partial charge in [-0.15, -0.1) is 0 Å². The van der Waals surface area contributed by atoms with Crippen LogP contribution in [0.1, 0.15) is 41.3 Å². The van der Waals surface area contributed by atoms with Gasteiger partial charge in [0, 0.05) is 30.8 Å². The third-order valence-electron chi connectivity index (χ3n) is 8.95. The van der Waals surface area contributed by atoms with E-state index in [0.717, 1.165) is 29.8 Å².